The zero-order valence-corrected chi connectivity index (χ0v) is 36.8. The number of morpholine rings is 1. The Morgan fingerprint density at radius 3 is 2.08 bits per heavy atom. The molecular formula is C50H51N7O9. The minimum absolute atomic E-state index is 0.0424. The number of rotatable bonds is 11. The van der Waals surface area contributed by atoms with E-state index in [1.54, 1.807) is 85.7 Å². The van der Waals surface area contributed by atoms with Crippen LogP contribution in [-0.4, -0.2) is 113 Å². The molecule has 0 radical (unpaired) electrons. The number of anilines is 2. The molecule has 4 amide bonds. The number of aromatic nitrogens is 2. The Bertz CT molecular complexity index is 2580. The number of urea groups is 1. The molecule has 3 fully saturated rings. The molecule has 16 nitrogen and oxygen atoms in total. The van der Waals surface area contributed by atoms with Gasteiger partial charge in [0.15, 0.2) is 0 Å². The third kappa shape index (κ3) is 7.49. The Balaban J connectivity index is 1.28. The van der Waals surface area contributed by atoms with Crippen molar-refractivity contribution in [3.05, 3.63) is 150 Å². The number of hydrogen-bond donors (Lipinski definition) is 2. The third-order valence-electron chi connectivity index (χ3n) is 13.2. The van der Waals surface area contributed by atoms with Gasteiger partial charge < -0.3 is 34.4 Å². The number of methoxy groups -OCH3 is 1. The SMILES string of the molecule is COC(=O)C(NC(=O)N1C(=O)C2(c3ccccc31)C(C(=O)N1CCN(c3ncccn3)CC1)C1C(=O)OC(c3ccccc3)C(c3ccccc3)N1C2c1ccc(OCCO)cc1)C(C)C. The summed E-state index contributed by atoms with van der Waals surface area (Å²) in [5, 5.41) is 12.3. The maximum atomic E-state index is 16.4. The van der Waals surface area contributed by atoms with Gasteiger partial charge in [-0.2, -0.15) is 0 Å². The highest BCUT2D eigenvalue weighted by Gasteiger charge is 2.76. The van der Waals surface area contributed by atoms with E-state index >= 15 is 14.4 Å². The minimum Gasteiger partial charge on any atom is -0.491 e. The highest BCUT2D eigenvalue weighted by molar-refractivity contribution is 6.25. The van der Waals surface area contributed by atoms with Crippen LogP contribution in [0.2, 0.25) is 0 Å². The standard InChI is InChI=1S/C50H51N7O9/c1-31(2)39(45(60)64-3)53-49(63)56-37-18-11-10-17-36(37)50(47(56)62)38(44(59)54-25-27-55(28-26-54)48-51-23-12-24-52-48)41-46(61)66-42(33-15-8-5-9-16-33)40(32-13-6-4-7-14-32)57(41)43(50)34-19-21-35(22-20-34)65-30-29-58/h4-24,31,38-43,58H,25-30H2,1-3H3,(H,53,63). The Labute approximate surface area is 382 Å². The number of benzene rings is 4. The van der Waals surface area contributed by atoms with E-state index < -0.39 is 77.3 Å². The fourth-order valence-electron chi connectivity index (χ4n) is 10.4. The zero-order chi connectivity index (χ0) is 46.1. The normalized spacial score (nSPS) is 24.1. The molecule has 4 aliphatic heterocycles. The lowest BCUT2D eigenvalue weighted by Crippen LogP contribution is -2.60. The smallest absolute Gasteiger partial charge is 0.329 e. The highest BCUT2D eigenvalue weighted by atomic mass is 16.6. The van der Waals surface area contributed by atoms with Crippen LogP contribution in [0.1, 0.15) is 54.3 Å². The molecule has 16 heteroatoms. The fourth-order valence-corrected chi connectivity index (χ4v) is 10.4. The van der Waals surface area contributed by atoms with E-state index in [9.17, 15) is 14.7 Å². The van der Waals surface area contributed by atoms with E-state index in [2.05, 4.69) is 15.3 Å². The number of carbonyl (C=O) groups is 5. The van der Waals surface area contributed by atoms with Crippen molar-refractivity contribution in [2.24, 2.45) is 11.8 Å². The quantitative estimate of drug-likeness (QED) is 0.173. The molecule has 1 spiro atoms. The minimum atomic E-state index is -1.96. The number of ether oxygens (including phenoxy) is 3. The second-order valence-electron chi connectivity index (χ2n) is 17.1. The lowest BCUT2D eigenvalue weighted by Gasteiger charge is -2.46. The maximum absolute atomic E-state index is 16.4. The topological polar surface area (TPSA) is 184 Å². The zero-order valence-electron chi connectivity index (χ0n) is 36.8. The first-order valence-corrected chi connectivity index (χ1v) is 22.1. The van der Waals surface area contributed by atoms with Gasteiger partial charge in [-0.05, 0) is 52.4 Å². The molecule has 4 aromatic carbocycles. The number of aliphatic hydroxyl groups excluding tert-OH is 1. The first-order chi connectivity index (χ1) is 32.1. The first kappa shape index (κ1) is 44.1. The van der Waals surface area contributed by atoms with E-state index in [0.717, 1.165) is 10.5 Å². The van der Waals surface area contributed by atoms with Gasteiger partial charge in [0, 0.05) is 38.6 Å². The average molecular weight is 894 g/mol. The van der Waals surface area contributed by atoms with Crippen molar-refractivity contribution in [3.8, 4) is 5.75 Å². The van der Waals surface area contributed by atoms with Crippen molar-refractivity contribution in [2.45, 2.75) is 49.5 Å². The molecule has 7 atom stereocenters. The molecule has 0 bridgehead atoms. The van der Waals surface area contributed by atoms with Crippen LogP contribution < -0.4 is 19.9 Å². The number of aliphatic hydroxyl groups is 1. The van der Waals surface area contributed by atoms with E-state index in [1.165, 1.54) is 7.11 Å². The third-order valence-corrected chi connectivity index (χ3v) is 13.2. The summed E-state index contributed by atoms with van der Waals surface area (Å²) in [6.45, 7) is 4.52. The Kier molecular flexibility index (Phi) is 12.3. The molecule has 340 valence electrons. The van der Waals surface area contributed by atoms with Crippen LogP contribution in [0.3, 0.4) is 0 Å². The van der Waals surface area contributed by atoms with Gasteiger partial charge in [-0.25, -0.2) is 24.5 Å². The largest absolute Gasteiger partial charge is 0.491 e. The van der Waals surface area contributed by atoms with Gasteiger partial charge >= 0.3 is 18.0 Å². The number of fused-ring (bicyclic) bond motifs is 3. The number of amides is 4. The number of esters is 2. The van der Waals surface area contributed by atoms with E-state index in [0.29, 0.717) is 41.5 Å². The number of nitrogens with zero attached hydrogens (tertiary/aromatic N) is 6. The number of piperazine rings is 1. The molecule has 0 saturated carbocycles. The second kappa shape index (κ2) is 18.4. The lowest BCUT2D eigenvalue weighted by atomic mass is 9.65. The van der Waals surface area contributed by atoms with Gasteiger partial charge in [0.2, 0.25) is 17.8 Å². The van der Waals surface area contributed by atoms with Gasteiger partial charge in [0.25, 0.3) is 0 Å². The molecule has 2 N–H and O–H groups in total. The van der Waals surface area contributed by atoms with Crippen molar-refractivity contribution >= 4 is 41.4 Å². The van der Waals surface area contributed by atoms with E-state index in [-0.39, 0.29) is 32.0 Å². The molecule has 4 aliphatic rings. The molecule has 7 unspecified atom stereocenters. The molecule has 5 aromatic rings. The second-order valence-corrected chi connectivity index (χ2v) is 17.1. The van der Waals surface area contributed by atoms with Gasteiger partial charge in [-0.3, -0.25) is 19.3 Å². The molecule has 1 aromatic heterocycles. The van der Waals surface area contributed by atoms with Crippen molar-refractivity contribution in [1.82, 2.24) is 25.1 Å². The van der Waals surface area contributed by atoms with Crippen molar-refractivity contribution < 1.29 is 43.3 Å². The number of para-hydroxylation sites is 1. The molecule has 3 saturated heterocycles. The highest BCUT2D eigenvalue weighted by Crippen LogP contribution is 2.66. The first-order valence-electron chi connectivity index (χ1n) is 22.1. The number of nitrogens with one attached hydrogen (secondary N) is 1. The van der Waals surface area contributed by atoms with E-state index in [4.69, 9.17) is 14.2 Å². The fraction of sp³-hybridized carbons (Fsp3) is 0.340. The van der Waals surface area contributed by atoms with Crippen LogP contribution in [0.15, 0.2) is 128 Å². The maximum Gasteiger partial charge on any atom is 0.329 e. The van der Waals surface area contributed by atoms with Gasteiger partial charge in [-0.15, -0.1) is 0 Å². The van der Waals surface area contributed by atoms with Crippen LogP contribution in [0, 0.1) is 11.8 Å². The van der Waals surface area contributed by atoms with Crippen LogP contribution in [0.5, 0.6) is 5.75 Å². The monoisotopic (exact) mass is 893 g/mol. The molecule has 9 rings (SSSR count). The Morgan fingerprint density at radius 2 is 1.44 bits per heavy atom. The van der Waals surface area contributed by atoms with Gasteiger partial charge in [0.05, 0.1) is 37.4 Å². The van der Waals surface area contributed by atoms with Crippen molar-refractivity contribution in [2.75, 3.05) is 56.3 Å². The summed E-state index contributed by atoms with van der Waals surface area (Å²) in [5.41, 5.74) is 0.624. The average Bonchev–Trinajstić information content (AvgIpc) is 3.82. The van der Waals surface area contributed by atoms with Crippen LogP contribution in [0.25, 0.3) is 0 Å². The predicted octanol–water partition coefficient (Wildman–Crippen LogP) is 4.77. The molecule has 5 heterocycles. The van der Waals surface area contributed by atoms with Crippen molar-refractivity contribution in [3.63, 3.8) is 0 Å². The number of hydrogen-bond acceptors (Lipinski definition) is 13. The molecule has 0 aliphatic carbocycles. The Hall–Kier alpha value is -7.17. The summed E-state index contributed by atoms with van der Waals surface area (Å²) < 4.78 is 17.4. The summed E-state index contributed by atoms with van der Waals surface area (Å²) in [6.07, 6.45) is 2.41. The molecular weight excluding hydrogens is 843 g/mol. The predicted molar refractivity (Wildman–Crippen MR) is 241 cm³/mol. The number of cyclic esters (lactones) is 1. The number of imide groups is 1. The summed E-state index contributed by atoms with van der Waals surface area (Å²) in [4.78, 5) is 91.2. The Morgan fingerprint density at radius 1 is 0.803 bits per heavy atom. The number of carbonyl (C=O) groups excluding carboxylic acids is 5. The van der Waals surface area contributed by atoms with Gasteiger partial charge in [0.1, 0.15) is 36.0 Å². The van der Waals surface area contributed by atoms with Crippen LogP contribution >= 0.6 is 0 Å². The van der Waals surface area contributed by atoms with Crippen LogP contribution in [-0.2, 0) is 34.1 Å². The lowest BCUT2D eigenvalue weighted by molar-refractivity contribution is -0.179. The summed E-state index contributed by atoms with van der Waals surface area (Å²) in [5.74, 6) is -3.52. The summed E-state index contributed by atoms with van der Waals surface area (Å²) >= 11 is 0. The van der Waals surface area contributed by atoms with Gasteiger partial charge in [-0.1, -0.05) is 105 Å². The van der Waals surface area contributed by atoms with E-state index in [1.807, 2.05) is 70.5 Å². The summed E-state index contributed by atoms with van der Waals surface area (Å²) in [7, 11) is 1.22. The molecule has 66 heavy (non-hydrogen) atoms. The summed E-state index contributed by atoms with van der Waals surface area (Å²) in [6, 6.07) is 29.3. The van der Waals surface area contributed by atoms with Crippen LogP contribution in [0.4, 0.5) is 16.4 Å². The van der Waals surface area contributed by atoms with Crippen molar-refractivity contribution in [1.29, 1.82) is 0 Å².